The van der Waals surface area contributed by atoms with Gasteiger partial charge in [0.1, 0.15) is 0 Å². The van der Waals surface area contributed by atoms with Gasteiger partial charge in [-0.2, -0.15) is 0 Å². The molecule has 4 N–H and O–H groups in total. The first kappa shape index (κ1) is 39.7. The summed E-state index contributed by atoms with van der Waals surface area (Å²) < 4.78 is 0. The van der Waals surface area contributed by atoms with Gasteiger partial charge in [0.15, 0.2) is 0 Å². The van der Waals surface area contributed by atoms with Crippen molar-refractivity contribution in [1.82, 2.24) is 10.3 Å². The van der Waals surface area contributed by atoms with Gasteiger partial charge in [-0.1, -0.05) is 58.7 Å². The number of aromatic nitrogens is 1. The number of aromatic carboxylic acids is 1. The Morgan fingerprint density at radius 1 is 0.923 bits per heavy atom. The summed E-state index contributed by atoms with van der Waals surface area (Å²) in [5.74, 6) is 3.24. The summed E-state index contributed by atoms with van der Waals surface area (Å²) in [5, 5.41) is 12.4. The third-order valence-corrected chi connectivity index (χ3v) is 15.1. The number of carboxylic acids is 1. The molecular formula is C45H65N3O4. The Morgan fingerprint density at radius 2 is 1.67 bits per heavy atom. The monoisotopic (exact) mass is 711 g/mol. The SMILES string of the molecule is C=CC.CC1(C)CCCC2(C)C1CCC1(C)C3CCC4(CCc5cccc(C(=O)NCc6ncccc6C(=O)O)c5)CCCC4C3CCC12.NC=O. The number of amides is 2. The number of rotatable bonds is 7. The van der Waals surface area contributed by atoms with E-state index in [0.29, 0.717) is 32.9 Å². The van der Waals surface area contributed by atoms with Gasteiger partial charge in [-0.15, -0.1) is 6.58 Å². The summed E-state index contributed by atoms with van der Waals surface area (Å²) in [6.07, 6.45) is 22.9. The molecule has 2 amide bonds. The van der Waals surface area contributed by atoms with Gasteiger partial charge in [0.2, 0.25) is 6.41 Å². The highest BCUT2D eigenvalue weighted by Gasteiger charge is 2.65. The molecule has 0 bridgehead atoms. The molecule has 8 atom stereocenters. The van der Waals surface area contributed by atoms with Crippen LogP contribution in [0, 0.1) is 51.2 Å². The van der Waals surface area contributed by atoms with Crippen molar-refractivity contribution in [2.75, 3.05) is 0 Å². The van der Waals surface area contributed by atoms with Gasteiger partial charge in [-0.05, 0) is 165 Å². The molecule has 5 saturated carbocycles. The van der Waals surface area contributed by atoms with Crippen LogP contribution >= 0.6 is 0 Å². The summed E-state index contributed by atoms with van der Waals surface area (Å²) in [6.45, 7) is 16.0. The molecular weight excluding hydrogens is 647 g/mol. The summed E-state index contributed by atoms with van der Waals surface area (Å²) in [6, 6.07) is 11.2. The van der Waals surface area contributed by atoms with Crippen molar-refractivity contribution in [3.05, 3.63) is 77.6 Å². The Hall–Kier alpha value is -3.48. The number of primary amides is 1. The zero-order valence-corrected chi connectivity index (χ0v) is 32.6. The number of nitrogens with two attached hydrogens (primary N) is 1. The molecule has 0 spiro atoms. The van der Waals surface area contributed by atoms with Gasteiger partial charge in [0.25, 0.3) is 5.91 Å². The minimum Gasteiger partial charge on any atom is -0.478 e. The number of nitrogens with one attached hydrogen (secondary N) is 1. The number of pyridine rings is 1. The van der Waals surface area contributed by atoms with Crippen LogP contribution in [0.2, 0.25) is 0 Å². The van der Waals surface area contributed by atoms with E-state index in [9.17, 15) is 14.7 Å². The fraction of sp³-hybridized carbons (Fsp3) is 0.644. The zero-order chi connectivity index (χ0) is 37.7. The van der Waals surface area contributed by atoms with E-state index < -0.39 is 5.97 Å². The molecule has 5 aliphatic rings. The van der Waals surface area contributed by atoms with Gasteiger partial charge in [0.05, 0.1) is 17.8 Å². The number of fused-ring (bicyclic) bond motifs is 7. The predicted octanol–water partition coefficient (Wildman–Crippen LogP) is 9.79. The lowest BCUT2D eigenvalue weighted by Crippen LogP contribution is -2.61. The average Bonchev–Trinajstić information content (AvgIpc) is 3.55. The van der Waals surface area contributed by atoms with Crippen LogP contribution in [0.4, 0.5) is 0 Å². The second-order valence-electron chi connectivity index (χ2n) is 18.0. The maximum atomic E-state index is 13.1. The van der Waals surface area contributed by atoms with Crippen LogP contribution < -0.4 is 11.1 Å². The lowest BCUT2D eigenvalue weighted by Gasteiger charge is -2.68. The van der Waals surface area contributed by atoms with E-state index in [-0.39, 0.29) is 24.4 Å². The second kappa shape index (κ2) is 16.3. The molecule has 1 aromatic carbocycles. The number of carbonyl (C=O) groups excluding carboxylic acids is 2. The van der Waals surface area contributed by atoms with Crippen LogP contribution in [0.25, 0.3) is 0 Å². The van der Waals surface area contributed by atoms with E-state index in [1.165, 1.54) is 95.1 Å². The van der Waals surface area contributed by atoms with E-state index in [0.717, 1.165) is 36.0 Å². The van der Waals surface area contributed by atoms with Crippen LogP contribution in [0.3, 0.4) is 0 Å². The van der Waals surface area contributed by atoms with E-state index in [2.05, 4.69) is 62.4 Å². The maximum Gasteiger partial charge on any atom is 0.337 e. The summed E-state index contributed by atoms with van der Waals surface area (Å²) >= 11 is 0. The average molecular weight is 712 g/mol. The Morgan fingerprint density at radius 3 is 2.40 bits per heavy atom. The quantitative estimate of drug-likeness (QED) is 0.195. The number of hydrogen-bond acceptors (Lipinski definition) is 4. The smallest absolute Gasteiger partial charge is 0.337 e. The van der Waals surface area contributed by atoms with Gasteiger partial charge in [0, 0.05) is 11.8 Å². The minimum atomic E-state index is -1.03. The number of allylic oxidation sites excluding steroid dienone is 1. The lowest BCUT2D eigenvalue weighted by atomic mass is 9.36. The van der Waals surface area contributed by atoms with E-state index in [1.807, 2.05) is 19.1 Å². The molecule has 0 radical (unpaired) electrons. The number of nitrogens with zero attached hydrogens (tertiary/aromatic N) is 1. The molecule has 8 unspecified atom stereocenters. The second-order valence-corrected chi connectivity index (χ2v) is 18.0. The Kier molecular flexibility index (Phi) is 12.4. The van der Waals surface area contributed by atoms with Crippen molar-refractivity contribution < 1.29 is 19.5 Å². The number of benzene rings is 1. The third-order valence-electron chi connectivity index (χ3n) is 15.1. The number of carbonyl (C=O) groups is 3. The van der Waals surface area contributed by atoms with Crippen LogP contribution in [-0.2, 0) is 17.8 Å². The van der Waals surface area contributed by atoms with Crippen LogP contribution in [0.1, 0.15) is 150 Å². The number of hydrogen-bond donors (Lipinski definition) is 3. The molecule has 5 fully saturated rings. The first-order valence-electron chi connectivity index (χ1n) is 20.1. The molecule has 5 aliphatic carbocycles. The minimum absolute atomic E-state index is 0.0935. The van der Waals surface area contributed by atoms with Crippen molar-refractivity contribution in [2.45, 2.75) is 131 Å². The maximum absolute atomic E-state index is 13.1. The molecule has 7 rings (SSSR count). The largest absolute Gasteiger partial charge is 0.478 e. The topological polar surface area (TPSA) is 122 Å². The Labute approximate surface area is 313 Å². The normalized spacial score (nSPS) is 33.8. The molecule has 7 nitrogen and oxygen atoms in total. The molecule has 1 heterocycles. The fourth-order valence-corrected chi connectivity index (χ4v) is 13.2. The Bertz CT molecular complexity index is 1580. The van der Waals surface area contributed by atoms with Crippen molar-refractivity contribution in [3.8, 4) is 0 Å². The number of carboxylic acid groups (broad SMARTS) is 1. The van der Waals surface area contributed by atoms with Crippen LogP contribution in [-0.4, -0.2) is 28.4 Å². The fourth-order valence-electron chi connectivity index (χ4n) is 13.2. The summed E-state index contributed by atoms with van der Waals surface area (Å²) in [4.78, 5) is 37.4. The van der Waals surface area contributed by atoms with E-state index in [1.54, 1.807) is 18.3 Å². The van der Waals surface area contributed by atoms with Crippen LogP contribution in [0.5, 0.6) is 0 Å². The first-order valence-corrected chi connectivity index (χ1v) is 20.1. The van der Waals surface area contributed by atoms with Gasteiger partial charge in [-0.3, -0.25) is 14.6 Å². The van der Waals surface area contributed by atoms with Crippen molar-refractivity contribution in [3.63, 3.8) is 0 Å². The van der Waals surface area contributed by atoms with Crippen LogP contribution in [0.15, 0.2) is 55.3 Å². The summed E-state index contributed by atoms with van der Waals surface area (Å²) in [5.41, 5.74) is 8.53. The van der Waals surface area contributed by atoms with E-state index in [4.69, 9.17) is 4.79 Å². The molecule has 0 aliphatic heterocycles. The van der Waals surface area contributed by atoms with Crippen molar-refractivity contribution in [1.29, 1.82) is 0 Å². The number of aryl methyl sites for hydroxylation is 1. The molecule has 52 heavy (non-hydrogen) atoms. The Balaban J connectivity index is 0.000000817. The highest BCUT2D eigenvalue weighted by atomic mass is 16.4. The van der Waals surface area contributed by atoms with Gasteiger partial charge < -0.3 is 16.2 Å². The van der Waals surface area contributed by atoms with Gasteiger partial charge >= 0.3 is 5.97 Å². The van der Waals surface area contributed by atoms with Crippen molar-refractivity contribution in [2.24, 2.45) is 57.0 Å². The van der Waals surface area contributed by atoms with Crippen molar-refractivity contribution >= 4 is 18.3 Å². The predicted molar refractivity (Wildman–Crippen MR) is 209 cm³/mol. The molecule has 7 heteroatoms. The standard InChI is InChI=1S/C41H56N2O3.C3H6.CH3NO/c1-38(2)18-8-19-40(4)34(38)17-21-39(3)31-16-23-41(20-6-12-32(41)29(31)13-14-35(39)40)22-15-27-9-5-10-28(25-27)36(44)43-26-33-30(37(45)46)11-7-24-42-33;1-3-2;2-1-3/h5,7,9-11,24-25,29,31-32,34-35H,6,8,12-23,26H2,1-4H3,(H,43,44)(H,45,46);3H,1H2,2H3;1H,(H2,2,3). The molecule has 0 saturated heterocycles. The highest BCUT2D eigenvalue weighted by Crippen LogP contribution is 2.73. The zero-order valence-electron chi connectivity index (χ0n) is 32.6. The van der Waals surface area contributed by atoms with E-state index >= 15 is 0 Å². The lowest BCUT2D eigenvalue weighted by molar-refractivity contribution is -0.195. The first-order chi connectivity index (χ1) is 24.8. The molecule has 284 valence electrons. The molecule has 2 aromatic rings. The van der Waals surface area contributed by atoms with Gasteiger partial charge in [-0.25, -0.2) is 4.79 Å². The third kappa shape index (κ3) is 7.61. The highest BCUT2D eigenvalue weighted by molar-refractivity contribution is 5.94. The summed E-state index contributed by atoms with van der Waals surface area (Å²) in [7, 11) is 0. The molecule has 1 aromatic heterocycles.